The first-order valence-corrected chi connectivity index (χ1v) is 7.76. The molecule has 0 saturated heterocycles. The third-order valence-corrected chi connectivity index (χ3v) is 3.84. The maximum atomic E-state index is 12.1. The first kappa shape index (κ1) is 16.4. The van der Waals surface area contributed by atoms with Gasteiger partial charge in [-0.1, -0.05) is 0 Å². The van der Waals surface area contributed by atoms with E-state index in [4.69, 9.17) is 9.84 Å². The van der Waals surface area contributed by atoms with Crippen LogP contribution in [0, 0.1) is 0 Å². The zero-order valence-corrected chi connectivity index (χ0v) is 13.0. The Morgan fingerprint density at radius 1 is 1.50 bits per heavy atom. The van der Waals surface area contributed by atoms with E-state index in [1.807, 2.05) is 16.8 Å². The number of aryl methyl sites for hydroxylation is 1. The number of thiophene rings is 1. The summed E-state index contributed by atoms with van der Waals surface area (Å²) in [5, 5.41) is 15.4. The van der Waals surface area contributed by atoms with Crippen molar-refractivity contribution in [1.29, 1.82) is 0 Å². The molecule has 118 valence electrons. The summed E-state index contributed by atoms with van der Waals surface area (Å²) in [5.74, 6) is -0.436. The average molecular weight is 322 g/mol. The molecule has 7 heteroatoms. The fourth-order valence-corrected chi connectivity index (χ4v) is 2.68. The monoisotopic (exact) mass is 322 g/mol. The van der Waals surface area contributed by atoms with Gasteiger partial charge in [-0.05, 0) is 34.5 Å². The molecule has 1 unspecified atom stereocenters. The van der Waals surface area contributed by atoms with Crippen molar-refractivity contribution >= 4 is 17.2 Å². The normalized spacial score (nSPS) is 12.1. The van der Waals surface area contributed by atoms with Crippen LogP contribution in [-0.2, 0) is 11.8 Å². The number of nitrogens with one attached hydrogen (secondary N) is 1. The van der Waals surface area contributed by atoms with Crippen molar-refractivity contribution in [2.75, 3.05) is 19.8 Å². The lowest BCUT2D eigenvalue weighted by molar-refractivity contribution is 0.0279. The third kappa shape index (κ3) is 4.03. The number of carbonyl (C=O) groups excluding carboxylic acids is 1. The van der Waals surface area contributed by atoms with Crippen LogP contribution >= 0.6 is 11.3 Å². The molecule has 0 spiro atoms. The Kier molecular flexibility index (Phi) is 5.88. The van der Waals surface area contributed by atoms with Gasteiger partial charge in [-0.25, -0.2) is 0 Å². The zero-order chi connectivity index (χ0) is 15.9. The topological polar surface area (TPSA) is 80.6 Å². The quantitative estimate of drug-likeness (QED) is 0.794. The predicted octanol–water partition coefficient (Wildman–Crippen LogP) is 0.927. The molecule has 0 aromatic carbocycles. The fraction of sp³-hybridized carbons (Fsp3) is 0.333. The SMILES string of the molecule is Cn1cccc(C(=O)NCC(OCCO)c2ccsc2)c1=O. The van der Waals surface area contributed by atoms with Crippen molar-refractivity contribution in [3.8, 4) is 0 Å². The fourth-order valence-electron chi connectivity index (χ4n) is 1.98. The van der Waals surface area contributed by atoms with E-state index in [0.29, 0.717) is 0 Å². The lowest BCUT2D eigenvalue weighted by Gasteiger charge is -2.17. The summed E-state index contributed by atoms with van der Waals surface area (Å²) < 4.78 is 6.89. The molecule has 2 N–H and O–H groups in total. The number of aliphatic hydroxyl groups excluding tert-OH is 1. The molecule has 0 bridgehead atoms. The molecular formula is C15H18N2O4S. The van der Waals surface area contributed by atoms with Gasteiger partial charge in [0, 0.05) is 19.8 Å². The molecule has 0 fully saturated rings. The largest absolute Gasteiger partial charge is 0.394 e. The number of nitrogens with zero attached hydrogens (tertiary/aromatic N) is 1. The Balaban J connectivity index is 2.04. The predicted molar refractivity (Wildman–Crippen MR) is 84.1 cm³/mol. The summed E-state index contributed by atoms with van der Waals surface area (Å²) >= 11 is 1.53. The number of aliphatic hydroxyl groups is 1. The smallest absolute Gasteiger partial charge is 0.263 e. The van der Waals surface area contributed by atoms with Crippen LogP contribution in [-0.4, -0.2) is 35.3 Å². The van der Waals surface area contributed by atoms with Gasteiger partial charge in [0.25, 0.3) is 11.5 Å². The zero-order valence-electron chi connectivity index (χ0n) is 12.2. The van der Waals surface area contributed by atoms with Gasteiger partial charge in [-0.15, -0.1) is 0 Å². The lowest BCUT2D eigenvalue weighted by atomic mass is 10.2. The highest BCUT2D eigenvalue weighted by Crippen LogP contribution is 2.19. The van der Waals surface area contributed by atoms with Crippen LogP contribution in [0.1, 0.15) is 22.0 Å². The van der Waals surface area contributed by atoms with Crippen LogP contribution in [0.4, 0.5) is 0 Å². The molecule has 0 radical (unpaired) electrons. The highest BCUT2D eigenvalue weighted by molar-refractivity contribution is 7.07. The van der Waals surface area contributed by atoms with Crippen molar-refractivity contribution in [3.05, 3.63) is 56.6 Å². The van der Waals surface area contributed by atoms with Crippen LogP contribution in [0.25, 0.3) is 0 Å². The van der Waals surface area contributed by atoms with Crippen LogP contribution in [0.3, 0.4) is 0 Å². The van der Waals surface area contributed by atoms with Crippen LogP contribution in [0.2, 0.25) is 0 Å². The van der Waals surface area contributed by atoms with Crippen LogP contribution < -0.4 is 10.9 Å². The molecule has 0 aliphatic heterocycles. The maximum absolute atomic E-state index is 12.1. The van der Waals surface area contributed by atoms with Gasteiger partial charge in [0.15, 0.2) is 0 Å². The standard InChI is InChI=1S/C15H18N2O4S/c1-17-5-2-3-12(15(17)20)14(19)16-9-13(21-7-6-18)11-4-8-22-10-11/h2-5,8,10,13,18H,6-7,9H2,1H3,(H,16,19). The van der Waals surface area contributed by atoms with E-state index in [-0.39, 0.29) is 37.0 Å². The Morgan fingerprint density at radius 2 is 2.32 bits per heavy atom. The second kappa shape index (κ2) is 7.88. The number of hydrogen-bond donors (Lipinski definition) is 2. The Bertz CT molecular complexity index is 666. The number of ether oxygens (including phenoxy) is 1. The average Bonchev–Trinajstić information content (AvgIpc) is 3.04. The number of carbonyl (C=O) groups is 1. The van der Waals surface area contributed by atoms with Gasteiger partial charge in [-0.3, -0.25) is 9.59 Å². The van der Waals surface area contributed by atoms with Gasteiger partial charge in [0.05, 0.1) is 13.2 Å². The minimum absolute atomic E-state index is 0.0895. The highest BCUT2D eigenvalue weighted by Gasteiger charge is 2.16. The van der Waals surface area contributed by atoms with Gasteiger partial charge in [0.2, 0.25) is 0 Å². The number of amides is 1. The molecule has 6 nitrogen and oxygen atoms in total. The number of aromatic nitrogens is 1. The van der Waals surface area contributed by atoms with E-state index in [1.165, 1.54) is 22.0 Å². The summed E-state index contributed by atoms with van der Waals surface area (Å²) in [4.78, 5) is 24.0. The summed E-state index contributed by atoms with van der Waals surface area (Å²) in [7, 11) is 1.59. The molecule has 2 heterocycles. The first-order valence-electron chi connectivity index (χ1n) is 6.82. The maximum Gasteiger partial charge on any atom is 0.263 e. The Labute approximate surface area is 132 Å². The van der Waals surface area contributed by atoms with E-state index >= 15 is 0 Å². The second-order valence-corrected chi connectivity index (χ2v) is 5.47. The summed E-state index contributed by atoms with van der Waals surface area (Å²) in [6.07, 6.45) is 1.24. The lowest BCUT2D eigenvalue weighted by Crippen LogP contribution is -2.34. The van der Waals surface area contributed by atoms with E-state index in [9.17, 15) is 9.59 Å². The first-order chi connectivity index (χ1) is 10.6. The molecule has 0 aliphatic carbocycles. The molecule has 2 aromatic rings. The number of rotatable bonds is 7. The van der Waals surface area contributed by atoms with E-state index in [0.717, 1.165) is 5.56 Å². The van der Waals surface area contributed by atoms with Crippen molar-refractivity contribution < 1.29 is 14.6 Å². The molecule has 2 rings (SSSR count). The van der Waals surface area contributed by atoms with Crippen molar-refractivity contribution in [2.45, 2.75) is 6.10 Å². The molecule has 22 heavy (non-hydrogen) atoms. The molecular weight excluding hydrogens is 304 g/mol. The molecule has 2 aromatic heterocycles. The van der Waals surface area contributed by atoms with Crippen LogP contribution in [0.5, 0.6) is 0 Å². The van der Waals surface area contributed by atoms with Crippen LogP contribution in [0.15, 0.2) is 40.0 Å². The van der Waals surface area contributed by atoms with E-state index in [1.54, 1.807) is 19.3 Å². The Hall–Kier alpha value is -1.96. The summed E-state index contributed by atoms with van der Waals surface area (Å²) in [5.41, 5.74) is 0.680. The molecule has 1 amide bonds. The molecule has 0 aliphatic rings. The Morgan fingerprint density at radius 3 is 3.00 bits per heavy atom. The molecule has 1 atom stereocenters. The van der Waals surface area contributed by atoms with Gasteiger partial charge in [-0.2, -0.15) is 11.3 Å². The third-order valence-electron chi connectivity index (χ3n) is 3.14. The minimum Gasteiger partial charge on any atom is -0.394 e. The van der Waals surface area contributed by atoms with Crippen molar-refractivity contribution in [3.63, 3.8) is 0 Å². The highest BCUT2D eigenvalue weighted by atomic mass is 32.1. The van der Waals surface area contributed by atoms with Gasteiger partial charge >= 0.3 is 0 Å². The number of pyridine rings is 1. The van der Waals surface area contributed by atoms with Gasteiger partial charge < -0.3 is 19.7 Å². The second-order valence-electron chi connectivity index (χ2n) is 4.69. The van der Waals surface area contributed by atoms with E-state index in [2.05, 4.69) is 5.32 Å². The molecule has 0 saturated carbocycles. The number of hydrogen-bond acceptors (Lipinski definition) is 5. The van der Waals surface area contributed by atoms with E-state index < -0.39 is 5.91 Å². The van der Waals surface area contributed by atoms with Crippen molar-refractivity contribution in [1.82, 2.24) is 9.88 Å². The van der Waals surface area contributed by atoms with Gasteiger partial charge in [0.1, 0.15) is 11.7 Å². The summed E-state index contributed by atoms with van der Waals surface area (Å²) in [6.45, 7) is 0.324. The summed E-state index contributed by atoms with van der Waals surface area (Å²) in [6, 6.07) is 5.04. The minimum atomic E-state index is -0.436. The van der Waals surface area contributed by atoms with Crippen molar-refractivity contribution in [2.24, 2.45) is 7.05 Å².